The molecule has 0 saturated heterocycles. The first-order chi connectivity index (χ1) is 4.93. The summed E-state index contributed by atoms with van der Waals surface area (Å²) in [6, 6.07) is 11.5. The summed E-state index contributed by atoms with van der Waals surface area (Å²) in [5, 5.41) is 0. The second-order valence-corrected chi connectivity index (χ2v) is 3.60. The Balaban J connectivity index is 2.52. The molecule has 0 aromatic heterocycles. The minimum absolute atomic E-state index is 0.249. The first-order valence-electron chi connectivity index (χ1n) is 3.41. The van der Waals surface area contributed by atoms with Gasteiger partial charge in [0.1, 0.15) is 9.52 Å². The monoisotopic (exact) mass is 146 g/mol. The van der Waals surface area contributed by atoms with Gasteiger partial charge in [-0.2, -0.15) is 0 Å². The van der Waals surface area contributed by atoms with Crippen molar-refractivity contribution in [2.75, 3.05) is 0 Å². The summed E-state index contributed by atoms with van der Waals surface area (Å²) in [6.45, 7) is 0. The molecule has 0 bridgehead atoms. The van der Waals surface area contributed by atoms with Crippen LogP contribution in [0.1, 0.15) is 5.56 Å². The molecule has 0 atom stereocenters. The molecule has 1 rings (SSSR count). The van der Waals surface area contributed by atoms with Gasteiger partial charge in [0.2, 0.25) is 0 Å². The standard InChI is InChI=1S/C9H10Si/c1-2-10-8-9-6-4-3-5-7-9/h1,3-7H,8,10H2. The van der Waals surface area contributed by atoms with E-state index >= 15 is 0 Å². The molecule has 0 spiro atoms. The van der Waals surface area contributed by atoms with Crippen molar-refractivity contribution in [2.24, 2.45) is 0 Å². The Morgan fingerprint density at radius 3 is 2.60 bits per heavy atom. The predicted octanol–water partition coefficient (Wildman–Crippen LogP) is 0.946. The molecule has 0 saturated carbocycles. The Kier molecular flexibility index (Phi) is 2.78. The summed E-state index contributed by atoms with van der Waals surface area (Å²) in [5.74, 6) is 0. The van der Waals surface area contributed by atoms with Crippen LogP contribution >= 0.6 is 0 Å². The minimum Gasteiger partial charge on any atom is -0.143 e. The maximum absolute atomic E-state index is 5.19. The zero-order valence-corrected chi connectivity index (χ0v) is 7.29. The maximum atomic E-state index is 5.19. The van der Waals surface area contributed by atoms with E-state index in [0.29, 0.717) is 0 Å². The Labute approximate surface area is 64.1 Å². The minimum atomic E-state index is -0.249. The van der Waals surface area contributed by atoms with Crippen molar-refractivity contribution in [3.05, 3.63) is 35.9 Å². The van der Waals surface area contributed by atoms with E-state index in [1.165, 1.54) is 5.56 Å². The van der Waals surface area contributed by atoms with Crippen LogP contribution in [0, 0.1) is 12.0 Å². The number of hydrogen-bond acceptors (Lipinski definition) is 0. The van der Waals surface area contributed by atoms with E-state index in [-0.39, 0.29) is 9.52 Å². The average Bonchev–Trinajstić information content (AvgIpc) is 2.03. The van der Waals surface area contributed by atoms with E-state index < -0.39 is 0 Å². The van der Waals surface area contributed by atoms with Gasteiger partial charge in [-0.1, -0.05) is 35.9 Å². The average molecular weight is 146 g/mol. The molecule has 0 unspecified atom stereocenters. The van der Waals surface area contributed by atoms with Gasteiger partial charge in [0.05, 0.1) is 0 Å². The van der Waals surface area contributed by atoms with Crippen molar-refractivity contribution in [1.29, 1.82) is 0 Å². The second-order valence-electron chi connectivity index (χ2n) is 2.19. The first-order valence-corrected chi connectivity index (χ1v) is 5.11. The number of benzene rings is 1. The van der Waals surface area contributed by atoms with Crippen LogP contribution in [0.4, 0.5) is 0 Å². The van der Waals surface area contributed by atoms with Crippen LogP contribution in [0.3, 0.4) is 0 Å². The van der Waals surface area contributed by atoms with Gasteiger partial charge in [-0.05, 0) is 6.04 Å². The van der Waals surface area contributed by atoms with E-state index in [2.05, 4.69) is 29.8 Å². The van der Waals surface area contributed by atoms with E-state index in [1.807, 2.05) is 6.07 Å². The van der Waals surface area contributed by atoms with E-state index in [0.717, 1.165) is 6.04 Å². The molecule has 0 nitrogen and oxygen atoms in total. The van der Waals surface area contributed by atoms with Crippen LogP contribution in [0.15, 0.2) is 30.3 Å². The summed E-state index contributed by atoms with van der Waals surface area (Å²) >= 11 is 0. The largest absolute Gasteiger partial charge is 0.143 e. The number of rotatable bonds is 2. The Morgan fingerprint density at radius 1 is 1.30 bits per heavy atom. The number of terminal acetylenes is 1. The zero-order valence-electron chi connectivity index (χ0n) is 5.88. The molecular formula is C9H10Si. The molecule has 0 aliphatic rings. The molecule has 0 N–H and O–H groups in total. The smallest absolute Gasteiger partial charge is 0.111 e. The lowest BCUT2D eigenvalue weighted by molar-refractivity contribution is 1.39. The van der Waals surface area contributed by atoms with E-state index in [1.54, 1.807) is 0 Å². The summed E-state index contributed by atoms with van der Waals surface area (Å²) < 4.78 is 0. The fourth-order valence-corrected chi connectivity index (χ4v) is 1.63. The predicted molar refractivity (Wildman–Crippen MR) is 47.5 cm³/mol. The first kappa shape index (κ1) is 7.11. The highest BCUT2D eigenvalue weighted by Crippen LogP contribution is 1.97. The normalized spacial score (nSPS) is 9.90. The summed E-state index contributed by atoms with van der Waals surface area (Å²) in [5.41, 5.74) is 4.14. The van der Waals surface area contributed by atoms with Crippen LogP contribution in [0.5, 0.6) is 0 Å². The molecule has 10 heavy (non-hydrogen) atoms. The molecule has 0 fully saturated rings. The van der Waals surface area contributed by atoms with Crippen LogP contribution in [0.2, 0.25) is 0 Å². The highest BCUT2D eigenvalue weighted by molar-refractivity contribution is 6.45. The van der Waals surface area contributed by atoms with Crippen LogP contribution < -0.4 is 0 Å². The molecule has 0 heterocycles. The number of hydrogen-bond donors (Lipinski definition) is 0. The molecule has 1 aromatic carbocycles. The van der Waals surface area contributed by atoms with Crippen LogP contribution in [-0.2, 0) is 6.04 Å². The molecule has 1 heteroatoms. The van der Waals surface area contributed by atoms with Gasteiger partial charge in [0.15, 0.2) is 0 Å². The van der Waals surface area contributed by atoms with E-state index in [9.17, 15) is 0 Å². The molecular weight excluding hydrogens is 136 g/mol. The molecule has 0 aliphatic heterocycles. The van der Waals surface area contributed by atoms with Crippen molar-refractivity contribution in [3.63, 3.8) is 0 Å². The Morgan fingerprint density at radius 2 is 2.00 bits per heavy atom. The second kappa shape index (κ2) is 3.92. The quantitative estimate of drug-likeness (QED) is 0.430. The third kappa shape index (κ3) is 2.08. The van der Waals surface area contributed by atoms with Gasteiger partial charge in [-0.25, -0.2) is 0 Å². The third-order valence-corrected chi connectivity index (χ3v) is 2.52. The highest BCUT2D eigenvalue weighted by Gasteiger charge is 1.87. The van der Waals surface area contributed by atoms with Gasteiger partial charge in [0.25, 0.3) is 0 Å². The van der Waals surface area contributed by atoms with Crippen LogP contribution in [0.25, 0.3) is 0 Å². The molecule has 0 amide bonds. The van der Waals surface area contributed by atoms with Gasteiger partial charge in [-0.3, -0.25) is 0 Å². The fraction of sp³-hybridized carbons (Fsp3) is 0.111. The Hall–Kier alpha value is -1.00. The van der Waals surface area contributed by atoms with Gasteiger partial charge < -0.3 is 0 Å². The zero-order chi connectivity index (χ0) is 7.23. The molecule has 1 aromatic rings. The topological polar surface area (TPSA) is 0 Å². The van der Waals surface area contributed by atoms with Gasteiger partial charge in [-0.15, -0.1) is 12.0 Å². The lowest BCUT2D eigenvalue weighted by Crippen LogP contribution is -1.91. The Bertz CT molecular complexity index is 220. The molecule has 0 aliphatic carbocycles. The summed E-state index contributed by atoms with van der Waals surface area (Å²) in [7, 11) is -0.249. The molecule has 50 valence electrons. The fourth-order valence-electron chi connectivity index (χ4n) is 0.861. The lowest BCUT2D eigenvalue weighted by atomic mass is 10.2. The van der Waals surface area contributed by atoms with Gasteiger partial charge >= 0.3 is 0 Å². The van der Waals surface area contributed by atoms with Crippen molar-refractivity contribution >= 4 is 9.52 Å². The van der Waals surface area contributed by atoms with Gasteiger partial charge in [0, 0.05) is 0 Å². The van der Waals surface area contributed by atoms with Crippen molar-refractivity contribution < 1.29 is 0 Å². The van der Waals surface area contributed by atoms with Crippen molar-refractivity contribution in [1.82, 2.24) is 0 Å². The summed E-state index contributed by atoms with van der Waals surface area (Å²) in [6.07, 6.45) is 5.19. The van der Waals surface area contributed by atoms with E-state index in [4.69, 9.17) is 6.42 Å². The molecule has 0 radical (unpaired) electrons. The SMILES string of the molecule is C#C[SiH2]Cc1ccccc1. The lowest BCUT2D eigenvalue weighted by Gasteiger charge is -1.93. The third-order valence-electron chi connectivity index (χ3n) is 1.40. The van der Waals surface area contributed by atoms with Crippen molar-refractivity contribution in [2.45, 2.75) is 6.04 Å². The maximum Gasteiger partial charge on any atom is 0.111 e. The summed E-state index contributed by atoms with van der Waals surface area (Å²) in [4.78, 5) is 0. The highest BCUT2D eigenvalue weighted by atomic mass is 28.2. The van der Waals surface area contributed by atoms with Crippen LogP contribution in [-0.4, -0.2) is 9.52 Å². The van der Waals surface area contributed by atoms with Crippen molar-refractivity contribution in [3.8, 4) is 12.0 Å².